The maximum absolute atomic E-state index is 5.41. The van der Waals surface area contributed by atoms with Crippen LogP contribution < -0.4 is 5.32 Å². The van der Waals surface area contributed by atoms with E-state index in [-0.39, 0.29) is 0 Å². The lowest BCUT2D eigenvalue weighted by molar-refractivity contribution is 0.124. The van der Waals surface area contributed by atoms with Gasteiger partial charge in [0.2, 0.25) is 0 Å². The number of hydrogen-bond donors (Lipinski definition) is 1. The summed E-state index contributed by atoms with van der Waals surface area (Å²) in [6.45, 7) is 12.2. The Morgan fingerprint density at radius 3 is 2.47 bits per heavy atom. The third-order valence-corrected chi connectivity index (χ3v) is 3.14. The minimum absolute atomic E-state index is 0.366. The van der Waals surface area contributed by atoms with Crippen LogP contribution >= 0.6 is 0 Å². The van der Waals surface area contributed by atoms with Gasteiger partial charge in [-0.15, -0.1) is 0 Å². The summed E-state index contributed by atoms with van der Waals surface area (Å²) in [7, 11) is 0. The van der Waals surface area contributed by atoms with Crippen molar-refractivity contribution in [3.8, 4) is 0 Å². The molecule has 2 heteroatoms. The lowest BCUT2D eigenvalue weighted by Crippen LogP contribution is -2.32. The molecule has 2 nitrogen and oxygen atoms in total. The van der Waals surface area contributed by atoms with Gasteiger partial charge in [0.05, 0.1) is 6.61 Å². The number of hydrogen-bond acceptors (Lipinski definition) is 2. The average Bonchev–Trinajstić information content (AvgIpc) is 2.30. The van der Waals surface area contributed by atoms with Gasteiger partial charge in [-0.05, 0) is 51.3 Å². The fraction of sp³-hybridized carbons (Fsp3) is 0.600. The van der Waals surface area contributed by atoms with E-state index in [1.165, 1.54) is 16.7 Å². The topological polar surface area (TPSA) is 21.3 Å². The van der Waals surface area contributed by atoms with E-state index in [0.717, 1.165) is 13.2 Å². The molecule has 0 aliphatic carbocycles. The van der Waals surface area contributed by atoms with Crippen LogP contribution in [0.2, 0.25) is 0 Å². The van der Waals surface area contributed by atoms with Gasteiger partial charge in [0.15, 0.2) is 0 Å². The summed E-state index contributed by atoms with van der Waals surface area (Å²) >= 11 is 0. The molecule has 0 aliphatic rings. The molecule has 0 heterocycles. The molecule has 1 aromatic rings. The lowest BCUT2D eigenvalue weighted by Gasteiger charge is -2.21. The van der Waals surface area contributed by atoms with Crippen LogP contribution in [0.1, 0.15) is 43.5 Å². The van der Waals surface area contributed by atoms with Crippen molar-refractivity contribution >= 4 is 0 Å². The van der Waals surface area contributed by atoms with Crippen molar-refractivity contribution in [2.75, 3.05) is 13.2 Å². The van der Waals surface area contributed by atoms with E-state index in [2.05, 4.69) is 51.2 Å². The molecule has 0 radical (unpaired) electrons. The molecule has 0 aliphatic heterocycles. The monoisotopic (exact) mass is 235 g/mol. The Morgan fingerprint density at radius 2 is 1.88 bits per heavy atom. The highest BCUT2D eigenvalue weighted by Crippen LogP contribution is 2.17. The van der Waals surface area contributed by atoms with Crippen LogP contribution in [0.25, 0.3) is 0 Å². The van der Waals surface area contributed by atoms with Crippen LogP contribution in [0.4, 0.5) is 0 Å². The SMILES string of the molecule is CCOCC(C)NC(C)c1ccc(C)c(C)c1. The summed E-state index contributed by atoms with van der Waals surface area (Å²) in [6, 6.07) is 7.40. The number of ether oxygens (including phenoxy) is 1. The summed E-state index contributed by atoms with van der Waals surface area (Å²) in [5.74, 6) is 0. The lowest BCUT2D eigenvalue weighted by atomic mass is 10.0. The number of rotatable bonds is 6. The maximum atomic E-state index is 5.41. The highest BCUT2D eigenvalue weighted by molar-refractivity contribution is 5.31. The van der Waals surface area contributed by atoms with Gasteiger partial charge in [0, 0.05) is 18.7 Å². The highest BCUT2D eigenvalue weighted by Gasteiger charge is 2.09. The Morgan fingerprint density at radius 1 is 1.18 bits per heavy atom. The Kier molecular flexibility index (Phi) is 5.66. The van der Waals surface area contributed by atoms with Crippen LogP contribution in [0, 0.1) is 13.8 Å². The summed E-state index contributed by atoms with van der Waals surface area (Å²) in [6.07, 6.45) is 0. The molecule has 0 saturated carbocycles. The number of benzene rings is 1. The first-order valence-corrected chi connectivity index (χ1v) is 6.45. The first-order valence-electron chi connectivity index (χ1n) is 6.45. The molecule has 0 fully saturated rings. The number of nitrogens with one attached hydrogen (secondary N) is 1. The molecule has 0 aromatic heterocycles. The predicted octanol–water partition coefficient (Wildman–Crippen LogP) is 3.38. The molecule has 17 heavy (non-hydrogen) atoms. The Hall–Kier alpha value is -0.860. The molecule has 1 rings (SSSR count). The second-order valence-electron chi connectivity index (χ2n) is 4.79. The Balaban J connectivity index is 2.57. The fourth-order valence-electron chi connectivity index (χ4n) is 1.90. The first-order chi connectivity index (χ1) is 8.04. The Labute approximate surface area is 105 Å². The summed E-state index contributed by atoms with van der Waals surface area (Å²) in [5.41, 5.74) is 4.05. The highest BCUT2D eigenvalue weighted by atomic mass is 16.5. The minimum Gasteiger partial charge on any atom is -0.380 e. The van der Waals surface area contributed by atoms with Crippen LogP contribution in [-0.2, 0) is 4.74 Å². The van der Waals surface area contributed by atoms with Crippen molar-refractivity contribution in [2.45, 2.75) is 46.7 Å². The standard InChI is InChI=1S/C15H25NO/c1-6-17-10-13(4)16-14(5)15-8-7-11(2)12(3)9-15/h7-9,13-14,16H,6,10H2,1-5H3. The molecule has 2 atom stereocenters. The summed E-state index contributed by atoms with van der Waals surface area (Å²) in [4.78, 5) is 0. The molecular weight excluding hydrogens is 210 g/mol. The predicted molar refractivity (Wildman–Crippen MR) is 73.4 cm³/mol. The first kappa shape index (κ1) is 14.2. The van der Waals surface area contributed by atoms with Gasteiger partial charge in [0.1, 0.15) is 0 Å². The normalized spacial score (nSPS) is 14.6. The van der Waals surface area contributed by atoms with E-state index in [0.29, 0.717) is 12.1 Å². The van der Waals surface area contributed by atoms with Crippen LogP contribution in [0.3, 0.4) is 0 Å². The van der Waals surface area contributed by atoms with Gasteiger partial charge < -0.3 is 10.1 Å². The molecule has 0 amide bonds. The zero-order valence-corrected chi connectivity index (χ0v) is 11.7. The molecule has 1 N–H and O–H groups in total. The molecule has 1 aromatic carbocycles. The molecule has 96 valence electrons. The van der Waals surface area contributed by atoms with E-state index >= 15 is 0 Å². The summed E-state index contributed by atoms with van der Waals surface area (Å²) in [5, 5.41) is 3.55. The van der Waals surface area contributed by atoms with E-state index in [1.54, 1.807) is 0 Å². The van der Waals surface area contributed by atoms with Crippen molar-refractivity contribution in [3.63, 3.8) is 0 Å². The quantitative estimate of drug-likeness (QED) is 0.816. The number of aryl methyl sites for hydroxylation is 2. The van der Waals surface area contributed by atoms with Crippen LogP contribution in [0.5, 0.6) is 0 Å². The molecule has 0 bridgehead atoms. The van der Waals surface area contributed by atoms with Gasteiger partial charge >= 0.3 is 0 Å². The smallest absolute Gasteiger partial charge is 0.0616 e. The van der Waals surface area contributed by atoms with Crippen molar-refractivity contribution in [3.05, 3.63) is 34.9 Å². The van der Waals surface area contributed by atoms with Gasteiger partial charge in [-0.2, -0.15) is 0 Å². The van der Waals surface area contributed by atoms with Gasteiger partial charge in [0.25, 0.3) is 0 Å². The zero-order chi connectivity index (χ0) is 12.8. The van der Waals surface area contributed by atoms with Gasteiger partial charge in [-0.3, -0.25) is 0 Å². The van der Waals surface area contributed by atoms with Crippen molar-refractivity contribution in [2.24, 2.45) is 0 Å². The largest absolute Gasteiger partial charge is 0.380 e. The van der Waals surface area contributed by atoms with Gasteiger partial charge in [-0.25, -0.2) is 0 Å². The second-order valence-corrected chi connectivity index (χ2v) is 4.79. The fourth-order valence-corrected chi connectivity index (χ4v) is 1.90. The third-order valence-electron chi connectivity index (χ3n) is 3.14. The second kappa shape index (κ2) is 6.77. The molecule has 0 saturated heterocycles. The Bertz CT molecular complexity index is 349. The molecule has 2 unspecified atom stereocenters. The van der Waals surface area contributed by atoms with E-state index in [4.69, 9.17) is 4.74 Å². The summed E-state index contributed by atoms with van der Waals surface area (Å²) < 4.78 is 5.41. The van der Waals surface area contributed by atoms with E-state index in [9.17, 15) is 0 Å². The average molecular weight is 235 g/mol. The van der Waals surface area contributed by atoms with Crippen molar-refractivity contribution in [1.29, 1.82) is 0 Å². The third kappa shape index (κ3) is 4.49. The van der Waals surface area contributed by atoms with Crippen molar-refractivity contribution < 1.29 is 4.74 Å². The van der Waals surface area contributed by atoms with E-state index in [1.807, 2.05) is 6.92 Å². The molecule has 0 spiro atoms. The van der Waals surface area contributed by atoms with Crippen LogP contribution in [0.15, 0.2) is 18.2 Å². The van der Waals surface area contributed by atoms with E-state index < -0.39 is 0 Å². The van der Waals surface area contributed by atoms with Crippen LogP contribution in [-0.4, -0.2) is 19.3 Å². The minimum atomic E-state index is 0.366. The van der Waals surface area contributed by atoms with Crippen molar-refractivity contribution in [1.82, 2.24) is 5.32 Å². The van der Waals surface area contributed by atoms with Gasteiger partial charge in [-0.1, -0.05) is 18.2 Å². The maximum Gasteiger partial charge on any atom is 0.0616 e. The molecular formula is C15H25NO. The zero-order valence-electron chi connectivity index (χ0n) is 11.7.